The summed E-state index contributed by atoms with van der Waals surface area (Å²) < 4.78 is 5.47. The molecule has 5 rings (SSSR count). The topological polar surface area (TPSA) is 43.4 Å². The molecule has 5 aliphatic rings. The van der Waals surface area contributed by atoms with Crippen molar-refractivity contribution in [2.45, 2.75) is 106 Å². The molecule has 0 heterocycles. The molecule has 8 atom stereocenters. The molecule has 4 saturated carbocycles. The van der Waals surface area contributed by atoms with Crippen LogP contribution in [0.4, 0.5) is 0 Å². The Balaban J connectivity index is 1.48. The van der Waals surface area contributed by atoms with Crippen LogP contribution in [-0.2, 0) is 14.3 Å². The minimum Gasteiger partial charge on any atom is -0.452 e. The summed E-state index contributed by atoms with van der Waals surface area (Å²) in [6, 6.07) is 0. The third-order valence-corrected chi connectivity index (χ3v) is 12.6. The standard InChI is InChI=1S/C32H46O3/c1-8-19-35-27(34)30(5)18-17-29(4)14-11-22-21(23(29)20-30)9-10-25-31(22,6)15-12-24-28(2,3)26(33)13-16-32(24,25)7/h1,9,22-25H,10-20H2,2-7H3/t22-,23+,24+,25+,29+,30-,31+,32+/m1/s1. The Labute approximate surface area is 213 Å². The molecular weight excluding hydrogens is 432 g/mol. The molecule has 0 saturated heterocycles. The molecule has 0 aromatic heterocycles. The van der Waals surface area contributed by atoms with Gasteiger partial charge in [-0.05, 0) is 105 Å². The lowest BCUT2D eigenvalue weighted by Crippen LogP contribution is -2.61. The number of Topliss-reactive ketones (excluding diaryl/α,β-unsaturated/α-hetero) is 1. The van der Waals surface area contributed by atoms with Crippen LogP contribution in [0.25, 0.3) is 0 Å². The zero-order valence-electron chi connectivity index (χ0n) is 23.0. The number of rotatable bonds is 2. The summed E-state index contributed by atoms with van der Waals surface area (Å²) in [4.78, 5) is 25.9. The van der Waals surface area contributed by atoms with Crippen LogP contribution >= 0.6 is 0 Å². The van der Waals surface area contributed by atoms with E-state index in [0.29, 0.717) is 29.5 Å². The van der Waals surface area contributed by atoms with Gasteiger partial charge in [-0.15, -0.1) is 6.42 Å². The molecule has 0 spiro atoms. The van der Waals surface area contributed by atoms with Gasteiger partial charge >= 0.3 is 5.97 Å². The fourth-order valence-corrected chi connectivity index (χ4v) is 10.3. The molecule has 192 valence electrons. The summed E-state index contributed by atoms with van der Waals surface area (Å²) >= 11 is 0. The summed E-state index contributed by atoms with van der Waals surface area (Å²) in [6.45, 7) is 14.2. The first kappa shape index (κ1) is 25.1. The van der Waals surface area contributed by atoms with Crippen LogP contribution in [0.5, 0.6) is 0 Å². The minimum absolute atomic E-state index is 0.0695. The predicted molar refractivity (Wildman–Crippen MR) is 139 cm³/mol. The lowest BCUT2D eigenvalue weighted by atomic mass is 9.37. The maximum Gasteiger partial charge on any atom is 0.312 e. The van der Waals surface area contributed by atoms with Gasteiger partial charge in [0.25, 0.3) is 0 Å². The van der Waals surface area contributed by atoms with Crippen LogP contribution in [0, 0.1) is 63.1 Å². The van der Waals surface area contributed by atoms with Crippen LogP contribution < -0.4 is 0 Å². The Morgan fingerprint density at radius 2 is 1.71 bits per heavy atom. The van der Waals surface area contributed by atoms with Gasteiger partial charge in [-0.3, -0.25) is 9.59 Å². The highest BCUT2D eigenvalue weighted by Gasteiger charge is 2.64. The van der Waals surface area contributed by atoms with Crippen molar-refractivity contribution in [3.63, 3.8) is 0 Å². The molecule has 0 radical (unpaired) electrons. The number of ketones is 1. The molecule has 0 aromatic rings. The van der Waals surface area contributed by atoms with Gasteiger partial charge in [0, 0.05) is 11.8 Å². The summed E-state index contributed by atoms with van der Waals surface area (Å²) in [7, 11) is 0. The lowest BCUT2D eigenvalue weighted by molar-refractivity contribution is -0.171. The van der Waals surface area contributed by atoms with E-state index in [1.54, 1.807) is 5.57 Å². The smallest absolute Gasteiger partial charge is 0.312 e. The van der Waals surface area contributed by atoms with Crippen molar-refractivity contribution in [2.24, 2.45) is 50.7 Å². The van der Waals surface area contributed by atoms with Crippen molar-refractivity contribution >= 4 is 11.8 Å². The Bertz CT molecular complexity index is 999. The molecule has 35 heavy (non-hydrogen) atoms. The fraction of sp³-hybridized carbons (Fsp3) is 0.812. The summed E-state index contributed by atoms with van der Waals surface area (Å²) in [5.41, 5.74) is 1.80. The van der Waals surface area contributed by atoms with E-state index in [1.807, 2.05) is 0 Å². The Morgan fingerprint density at radius 3 is 2.43 bits per heavy atom. The summed E-state index contributed by atoms with van der Waals surface area (Å²) in [5, 5.41) is 0. The van der Waals surface area contributed by atoms with Gasteiger partial charge in [0.2, 0.25) is 0 Å². The van der Waals surface area contributed by atoms with Gasteiger partial charge in [0.05, 0.1) is 5.41 Å². The molecule has 4 fully saturated rings. The predicted octanol–water partition coefficient (Wildman–Crippen LogP) is 7.14. The van der Waals surface area contributed by atoms with E-state index in [9.17, 15) is 9.59 Å². The van der Waals surface area contributed by atoms with Gasteiger partial charge in [-0.1, -0.05) is 52.2 Å². The van der Waals surface area contributed by atoms with E-state index < -0.39 is 5.41 Å². The average molecular weight is 479 g/mol. The highest BCUT2D eigenvalue weighted by atomic mass is 16.5. The number of fused-ring (bicyclic) bond motifs is 7. The fourth-order valence-electron chi connectivity index (χ4n) is 10.3. The zero-order chi connectivity index (χ0) is 25.4. The molecule has 3 nitrogen and oxygen atoms in total. The average Bonchev–Trinajstić information content (AvgIpc) is 2.80. The summed E-state index contributed by atoms with van der Waals surface area (Å²) in [6.07, 6.45) is 18.7. The van der Waals surface area contributed by atoms with Crippen molar-refractivity contribution in [1.82, 2.24) is 0 Å². The van der Waals surface area contributed by atoms with Crippen molar-refractivity contribution in [3.05, 3.63) is 11.6 Å². The van der Waals surface area contributed by atoms with Gasteiger partial charge in [0.1, 0.15) is 5.78 Å². The molecule has 0 unspecified atom stereocenters. The van der Waals surface area contributed by atoms with E-state index in [4.69, 9.17) is 11.2 Å². The number of terminal acetylenes is 1. The molecule has 0 aromatic carbocycles. The number of carbonyl (C=O) groups is 2. The van der Waals surface area contributed by atoms with Crippen LogP contribution in [0.3, 0.4) is 0 Å². The Morgan fingerprint density at radius 1 is 0.971 bits per heavy atom. The maximum atomic E-state index is 13.0. The van der Waals surface area contributed by atoms with Crippen molar-refractivity contribution < 1.29 is 14.3 Å². The molecule has 0 bridgehead atoms. The number of ether oxygens (including phenoxy) is 1. The normalized spacial score (nSPS) is 48.3. The van der Waals surface area contributed by atoms with Crippen LogP contribution in [0.1, 0.15) is 106 Å². The minimum atomic E-state index is -0.446. The molecule has 0 amide bonds. The van der Waals surface area contributed by atoms with E-state index >= 15 is 0 Å². The van der Waals surface area contributed by atoms with Crippen molar-refractivity contribution in [1.29, 1.82) is 0 Å². The highest BCUT2D eigenvalue weighted by Crippen LogP contribution is 2.71. The largest absolute Gasteiger partial charge is 0.452 e. The van der Waals surface area contributed by atoms with Gasteiger partial charge in [-0.25, -0.2) is 0 Å². The second kappa shape index (κ2) is 7.97. The van der Waals surface area contributed by atoms with Gasteiger partial charge < -0.3 is 4.74 Å². The molecule has 0 N–H and O–H groups in total. The SMILES string of the molecule is C#CCOC(=O)[C@]1(C)CC[C@]2(C)CC[C@@H]3C(=CC[C@H]4[C@@]3(C)CC[C@H]3C(C)(C)C(=O)CC[C@]43C)[C@@H]2C1. The molecule has 0 aliphatic heterocycles. The monoisotopic (exact) mass is 478 g/mol. The quantitative estimate of drug-likeness (QED) is 0.241. The molecule has 5 aliphatic carbocycles. The van der Waals surface area contributed by atoms with E-state index in [2.05, 4.69) is 53.5 Å². The Hall–Kier alpha value is -1.56. The molecular formula is C32H46O3. The number of hydrogen-bond donors (Lipinski definition) is 0. The maximum absolute atomic E-state index is 13.0. The number of carbonyl (C=O) groups excluding carboxylic acids is 2. The first-order valence-corrected chi connectivity index (χ1v) is 14.2. The Kier molecular flexibility index (Phi) is 5.71. The van der Waals surface area contributed by atoms with E-state index in [1.165, 1.54) is 25.7 Å². The van der Waals surface area contributed by atoms with Crippen LogP contribution in [0.2, 0.25) is 0 Å². The summed E-state index contributed by atoms with van der Waals surface area (Å²) in [5.74, 6) is 5.00. The van der Waals surface area contributed by atoms with Gasteiger partial charge in [-0.2, -0.15) is 0 Å². The van der Waals surface area contributed by atoms with Gasteiger partial charge in [0.15, 0.2) is 6.61 Å². The highest BCUT2D eigenvalue weighted by molar-refractivity contribution is 5.85. The second-order valence-corrected chi connectivity index (χ2v) is 14.6. The number of hydrogen-bond acceptors (Lipinski definition) is 3. The van der Waals surface area contributed by atoms with E-state index in [-0.39, 0.29) is 34.2 Å². The third-order valence-electron chi connectivity index (χ3n) is 12.6. The molecule has 3 heteroatoms. The van der Waals surface area contributed by atoms with Crippen molar-refractivity contribution in [3.8, 4) is 12.3 Å². The lowest BCUT2D eigenvalue weighted by Gasteiger charge is -2.67. The zero-order valence-corrected chi connectivity index (χ0v) is 23.0. The third kappa shape index (κ3) is 3.44. The van der Waals surface area contributed by atoms with E-state index in [0.717, 1.165) is 38.5 Å². The number of esters is 1. The van der Waals surface area contributed by atoms with Crippen LogP contribution in [-0.4, -0.2) is 18.4 Å². The number of allylic oxidation sites excluding steroid dienone is 2. The van der Waals surface area contributed by atoms with Crippen molar-refractivity contribution in [2.75, 3.05) is 6.61 Å². The first-order valence-electron chi connectivity index (χ1n) is 14.2. The first-order chi connectivity index (χ1) is 16.3. The van der Waals surface area contributed by atoms with Crippen LogP contribution in [0.15, 0.2) is 11.6 Å². The second-order valence-electron chi connectivity index (χ2n) is 14.6.